The van der Waals surface area contributed by atoms with E-state index < -0.39 is 36.0 Å². The summed E-state index contributed by atoms with van der Waals surface area (Å²) in [6.07, 6.45) is 1.37. The van der Waals surface area contributed by atoms with Crippen molar-refractivity contribution in [3.05, 3.63) is 47.7 Å². The summed E-state index contributed by atoms with van der Waals surface area (Å²) in [5, 5.41) is 5.53. The van der Waals surface area contributed by atoms with Crippen molar-refractivity contribution in [1.29, 1.82) is 0 Å². The molecule has 0 radical (unpaired) electrons. The number of esters is 1. The second-order valence-corrected chi connectivity index (χ2v) is 13.1. The summed E-state index contributed by atoms with van der Waals surface area (Å²) in [6.45, 7) is 3.85. The van der Waals surface area contributed by atoms with Crippen LogP contribution in [0.15, 0.2) is 36.6 Å². The van der Waals surface area contributed by atoms with E-state index in [1.165, 1.54) is 46.8 Å². The predicted molar refractivity (Wildman–Crippen MR) is 175 cm³/mol. The maximum atomic E-state index is 13.2. The van der Waals surface area contributed by atoms with E-state index in [-0.39, 0.29) is 23.6 Å². The highest BCUT2D eigenvalue weighted by Gasteiger charge is 2.25. The Bertz CT molecular complexity index is 1020. The van der Waals surface area contributed by atoms with Gasteiger partial charge in [-0.2, -0.15) is 25.3 Å². The lowest BCUT2D eigenvalue weighted by molar-refractivity contribution is -0.142. The topological polar surface area (TPSA) is 152 Å². The van der Waals surface area contributed by atoms with Crippen molar-refractivity contribution in [2.24, 2.45) is 0 Å². The molecule has 0 spiro atoms. The Hall–Kier alpha value is -1.47. The summed E-state index contributed by atoms with van der Waals surface area (Å²) in [5.41, 5.74) is 0.678. The van der Waals surface area contributed by atoms with Crippen molar-refractivity contribution in [1.82, 2.24) is 20.1 Å². The zero-order valence-electron chi connectivity index (χ0n) is 22.4. The fraction of sp³-hybridized carbons (Fsp3) is 0.458. The predicted octanol–water partition coefficient (Wildman–Crippen LogP) is 1.91. The van der Waals surface area contributed by atoms with Gasteiger partial charge in [-0.3, -0.25) is 9.59 Å². The maximum Gasteiger partial charge on any atom is 0.329 e. The minimum absolute atomic E-state index is 0.117. The van der Waals surface area contributed by atoms with E-state index in [4.69, 9.17) is 9.47 Å². The number of hydrogen-bond donors (Lipinski definition) is 6. The number of nitrogens with one attached hydrogen (secondary N) is 4. The molecule has 0 aromatic heterocycles. The molecule has 1 rings (SSSR count). The van der Waals surface area contributed by atoms with E-state index >= 15 is 0 Å². The average molecular weight is 683 g/mol. The Balaban J connectivity index is 2.84. The van der Waals surface area contributed by atoms with Gasteiger partial charge in [0.25, 0.3) is 5.91 Å². The van der Waals surface area contributed by atoms with Crippen molar-refractivity contribution in [3.8, 4) is 0 Å². The second kappa shape index (κ2) is 22.1. The maximum absolute atomic E-state index is 13.2. The number of thiol groups is 2. The van der Waals surface area contributed by atoms with Crippen molar-refractivity contribution in [3.63, 3.8) is 0 Å². The van der Waals surface area contributed by atoms with Crippen LogP contribution >= 0.6 is 68.8 Å². The van der Waals surface area contributed by atoms with Crippen molar-refractivity contribution < 1.29 is 33.4 Å². The molecule has 17 heteroatoms. The van der Waals surface area contributed by atoms with Crippen LogP contribution in [0, 0.1) is 0 Å². The van der Waals surface area contributed by atoms with Crippen LogP contribution in [0.5, 0.6) is 0 Å². The molecule has 0 saturated heterocycles. The number of aldehydes is 2. The third kappa shape index (κ3) is 14.5. The third-order valence-corrected chi connectivity index (χ3v) is 9.96. The molecular formula is C24H34N4O7S6. The van der Waals surface area contributed by atoms with E-state index in [0.29, 0.717) is 28.6 Å². The van der Waals surface area contributed by atoms with Gasteiger partial charge in [-0.1, -0.05) is 46.4 Å². The number of amides is 2. The highest BCUT2D eigenvalue weighted by atomic mass is 33.1. The first kappa shape index (κ1) is 37.6. The third-order valence-electron chi connectivity index (χ3n) is 5.10. The molecule has 0 heterocycles. The molecule has 0 aliphatic carbocycles. The first-order valence-electron chi connectivity index (χ1n) is 11.9. The largest absolute Gasteiger partial charge is 0.500 e. The van der Waals surface area contributed by atoms with Crippen LogP contribution in [0.4, 0.5) is 0 Å². The summed E-state index contributed by atoms with van der Waals surface area (Å²) < 4.78 is 15.9. The van der Waals surface area contributed by atoms with Gasteiger partial charge in [0.2, 0.25) is 5.91 Å². The lowest BCUT2D eigenvalue weighted by Gasteiger charge is -2.21. The van der Waals surface area contributed by atoms with Gasteiger partial charge in [0.1, 0.15) is 24.4 Å². The molecule has 0 saturated carbocycles. The van der Waals surface area contributed by atoms with Gasteiger partial charge in [0.05, 0.1) is 38.8 Å². The number of hydrogen-bond acceptors (Lipinski definition) is 15. The molecule has 0 bridgehead atoms. The van der Waals surface area contributed by atoms with Gasteiger partial charge in [-0.25, -0.2) is 14.2 Å². The Labute approximate surface area is 266 Å². The van der Waals surface area contributed by atoms with Crippen molar-refractivity contribution in [2.45, 2.75) is 30.6 Å². The summed E-state index contributed by atoms with van der Waals surface area (Å²) in [4.78, 5) is 60.3. The molecule has 228 valence electrons. The van der Waals surface area contributed by atoms with Gasteiger partial charge >= 0.3 is 5.97 Å². The minimum Gasteiger partial charge on any atom is -0.500 e. The van der Waals surface area contributed by atoms with Gasteiger partial charge in [0, 0.05) is 28.6 Å². The zero-order chi connectivity index (χ0) is 30.6. The SMILES string of the molecule is C=C(OC)C(CSSN[C@H](C=O)CS)NC(=O)Cc1ccccc1C(=O)NC(CSSN[C@H](C=O)CS)C(=O)OC. The lowest BCUT2D eigenvalue weighted by Crippen LogP contribution is -2.44. The molecule has 0 fully saturated rings. The zero-order valence-corrected chi connectivity index (χ0v) is 27.5. The molecule has 1 aromatic carbocycles. The number of methoxy groups -OCH3 is 2. The fourth-order valence-corrected chi connectivity index (χ4v) is 7.36. The Morgan fingerprint density at radius 1 is 0.902 bits per heavy atom. The molecule has 0 aliphatic heterocycles. The van der Waals surface area contributed by atoms with Crippen molar-refractivity contribution >= 4 is 99.2 Å². The van der Waals surface area contributed by atoms with Gasteiger partial charge in [-0.15, -0.1) is 0 Å². The van der Waals surface area contributed by atoms with Crippen LogP contribution in [0.25, 0.3) is 0 Å². The summed E-state index contributed by atoms with van der Waals surface area (Å²) in [6, 6.07) is 4.20. The molecule has 2 unspecified atom stereocenters. The van der Waals surface area contributed by atoms with Crippen molar-refractivity contribution in [2.75, 3.05) is 37.2 Å². The van der Waals surface area contributed by atoms with E-state index in [1.807, 2.05) is 0 Å². The van der Waals surface area contributed by atoms with E-state index in [9.17, 15) is 24.0 Å². The van der Waals surface area contributed by atoms with E-state index in [2.05, 4.69) is 51.9 Å². The molecular weight excluding hydrogens is 649 g/mol. The molecule has 4 N–H and O–H groups in total. The number of ether oxygens (including phenoxy) is 2. The van der Waals surface area contributed by atoms with Gasteiger partial charge < -0.3 is 29.7 Å². The highest BCUT2D eigenvalue weighted by Crippen LogP contribution is 2.22. The normalized spacial score (nSPS) is 13.7. The molecule has 41 heavy (non-hydrogen) atoms. The first-order valence-corrected chi connectivity index (χ1v) is 17.8. The molecule has 11 nitrogen and oxygen atoms in total. The van der Waals surface area contributed by atoms with Crippen LogP contribution in [0.2, 0.25) is 0 Å². The summed E-state index contributed by atoms with van der Waals surface area (Å²) in [5.74, 6) is 0.000504. The second-order valence-electron chi connectivity index (χ2n) is 8.00. The van der Waals surface area contributed by atoms with Crippen LogP contribution in [0.1, 0.15) is 15.9 Å². The van der Waals surface area contributed by atoms with Crippen LogP contribution in [-0.2, 0) is 35.1 Å². The van der Waals surface area contributed by atoms with Crippen LogP contribution < -0.4 is 20.1 Å². The molecule has 2 amide bonds. The molecule has 4 atom stereocenters. The summed E-state index contributed by atoms with van der Waals surface area (Å²) in [7, 11) is 7.66. The first-order chi connectivity index (χ1) is 19.7. The number of carbonyl (C=O) groups excluding carboxylic acids is 5. The monoisotopic (exact) mass is 682 g/mol. The lowest BCUT2D eigenvalue weighted by atomic mass is 10.0. The van der Waals surface area contributed by atoms with Crippen LogP contribution in [0.3, 0.4) is 0 Å². The number of rotatable bonds is 22. The Morgan fingerprint density at radius 2 is 1.46 bits per heavy atom. The smallest absolute Gasteiger partial charge is 0.329 e. The standard InChI is InChI=1S/C24H34N4O7S6/c1-15(34-2)20(13-38-40-27-17(9-29)11-36)25-22(31)8-16-6-4-5-7-19(16)23(32)26-21(24(33)35-3)14-39-41-28-18(10-30)12-37/h4-7,9-10,17-18,20-21,27-28,36-37H,1,8,11-14H2,2-3H3,(H,25,31)(H,26,32)/t17-,18-,20?,21?/m1/s1. The number of benzene rings is 1. The minimum atomic E-state index is -0.974. The van der Waals surface area contributed by atoms with Gasteiger partial charge in [-0.05, 0) is 33.6 Å². The van der Waals surface area contributed by atoms with Gasteiger partial charge in [0.15, 0.2) is 0 Å². The molecule has 1 aromatic rings. The number of carbonyl (C=O) groups is 5. The van der Waals surface area contributed by atoms with E-state index in [0.717, 1.165) is 23.6 Å². The quantitative estimate of drug-likeness (QED) is 0.0201. The van der Waals surface area contributed by atoms with Crippen LogP contribution in [-0.4, -0.2) is 91.8 Å². The van der Waals surface area contributed by atoms with E-state index in [1.54, 1.807) is 24.3 Å². The Morgan fingerprint density at radius 3 is 1.98 bits per heavy atom. The molecule has 0 aliphatic rings. The average Bonchev–Trinajstić information content (AvgIpc) is 2.99. The summed E-state index contributed by atoms with van der Waals surface area (Å²) >= 11 is 8.16. The fourth-order valence-electron chi connectivity index (χ4n) is 2.83. The highest BCUT2D eigenvalue weighted by molar-refractivity contribution is 8.76. The Kier molecular flexibility index (Phi) is 20.3.